The summed E-state index contributed by atoms with van der Waals surface area (Å²) in [6.45, 7) is 0. The van der Waals surface area contributed by atoms with Crippen LogP contribution >= 0.6 is 0 Å². The van der Waals surface area contributed by atoms with E-state index in [0.29, 0.717) is 5.82 Å². The highest BCUT2D eigenvalue weighted by Crippen LogP contribution is 2.44. The fraction of sp³-hybridized carbons (Fsp3) is 0.0556. The molecule has 4 rings (SSSR count). The molecule has 0 saturated carbocycles. The van der Waals surface area contributed by atoms with Gasteiger partial charge in [0.15, 0.2) is 0 Å². The van der Waals surface area contributed by atoms with Crippen molar-refractivity contribution in [2.45, 2.75) is 6.04 Å². The summed E-state index contributed by atoms with van der Waals surface area (Å²) in [6, 6.07) is 21.4. The molecule has 102 valence electrons. The number of nitrogens with one attached hydrogen (secondary N) is 1. The average molecular weight is 276 g/mol. The van der Waals surface area contributed by atoms with E-state index in [1.165, 1.54) is 28.3 Å². The van der Waals surface area contributed by atoms with Crippen LogP contribution in [0.15, 0.2) is 66.7 Å². The molecule has 1 N–H and O–H groups in total. The molecule has 0 unspecified atom stereocenters. The Morgan fingerprint density at radius 3 is 2.00 bits per heavy atom. The maximum atomic E-state index is 13.3. The number of nitrogens with zero attached hydrogens (tertiary/aromatic N) is 1. The fourth-order valence-electron chi connectivity index (χ4n) is 2.95. The first-order chi connectivity index (χ1) is 10.3. The lowest BCUT2D eigenvalue weighted by atomic mass is 10.1. The molecule has 3 heteroatoms. The Hall–Kier alpha value is -2.68. The van der Waals surface area contributed by atoms with Crippen molar-refractivity contribution in [2.24, 2.45) is 0 Å². The minimum atomic E-state index is -0.473. The van der Waals surface area contributed by atoms with Crippen molar-refractivity contribution >= 4 is 5.82 Å². The molecular formula is C18H13FN2. The van der Waals surface area contributed by atoms with E-state index in [1.54, 1.807) is 12.1 Å². The van der Waals surface area contributed by atoms with E-state index >= 15 is 0 Å². The predicted octanol–water partition coefficient (Wildman–Crippen LogP) is 4.40. The Kier molecular flexibility index (Phi) is 2.71. The van der Waals surface area contributed by atoms with Gasteiger partial charge in [-0.2, -0.15) is 4.39 Å². The zero-order chi connectivity index (χ0) is 14.2. The van der Waals surface area contributed by atoms with E-state index in [2.05, 4.69) is 34.6 Å². The molecule has 1 heterocycles. The second-order valence-corrected chi connectivity index (χ2v) is 5.10. The summed E-state index contributed by atoms with van der Waals surface area (Å²) in [4.78, 5) is 3.90. The van der Waals surface area contributed by atoms with Crippen LogP contribution in [-0.2, 0) is 0 Å². The van der Waals surface area contributed by atoms with Gasteiger partial charge in [0.2, 0.25) is 5.95 Å². The normalized spacial score (nSPS) is 12.8. The van der Waals surface area contributed by atoms with Crippen molar-refractivity contribution in [3.63, 3.8) is 0 Å². The molecule has 1 aromatic heterocycles. The van der Waals surface area contributed by atoms with Gasteiger partial charge in [0, 0.05) is 0 Å². The Labute approximate surface area is 122 Å². The van der Waals surface area contributed by atoms with Crippen LogP contribution in [0.2, 0.25) is 0 Å². The van der Waals surface area contributed by atoms with Crippen LogP contribution in [0.25, 0.3) is 11.1 Å². The van der Waals surface area contributed by atoms with Gasteiger partial charge in [-0.15, -0.1) is 0 Å². The molecule has 0 spiro atoms. The maximum Gasteiger partial charge on any atom is 0.214 e. The van der Waals surface area contributed by atoms with Crippen LogP contribution in [0.5, 0.6) is 0 Å². The second-order valence-electron chi connectivity index (χ2n) is 5.10. The van der Waals surface area contributed by atoms with E-state index in [1.807, 2.05) is 24.3 Å². The van der Waals surface area contributed by atoms with Crippen molar-refractivity contribution in [1.82, 2.24) is 4.98 Å². The van der Waals surface area contributed by atoms with Gasteiger partial charge in [0.1, 0.15) is 5.82 Å². The summed E-state index contributed by atoms with van der Waals surface area (Å²) in [5.41, 5.74) is 4.85. The number of halogens is 1. The summed E-state index contributed by atoms with van der Waals surface area (Å²) in [5.74, 6) is 0.0751. The minimum absolute atomic E-state index is 0.00620. The Morgan fingerprint density at radius 2 is 1.38 bits per heavy atom. The molecule has 1 aliphatic carbocycles. The summed E-state index contributed by atoms with van der Waals surface area (Å²) in [7, 11) is 0. The van der Waals surface area contributed by atoms with E-state index in [9.17, 15) is 4.39 Å². The molecule has 2 nitrogen and oxygen atoms in total. The number of aromatic nitrogens is 1. The number of pyridine rings is 1. The summed E-state index contributed by atoms with van der Waals surface area (Å²) in [5, 5.41) is 3.34. The zero-order valence-corrected chi connectivity index (χ0v) is 11.3. The molecule has 1 aliphatic rings. The largest absolute Gasteiger partial charge is 0.359 e. The van der Waals surface area contributed by atoms with E-state index < -0.39 is 5.95 Å². The lowest BCUT2D eigenvalue weighted by Crippen LogP contribution is -2.10. The van der Waals surface area contributed by atoms with Gasteiger partial charge in [-0.05, 0) is 34.4 Å². The third-order valence-corrected chi connectivity index (χ3v) is 3.84. The van der Waals surface area contributed by atoms with Crippen LogP contribution in [0.1, 0.15) is 17.2 Å². The zero-order valence-electron chi connectivity index (χ0n) is 11.3. The van der Waals surface area contributed by atoms with E-state index in [-0.39, 0.29) is 6.04 Å². The number of rotatable bonds is 2. The summed E-state index contributed by atoms with van der Waals surface area (Å²) in [6.07, 6.45) is 0. The van der Waals surface area contributed by atoms with Gasteiger partial charge in [-0.1, -0.05) is 54.6 Å². The fourth-order valence-corrected chi connectivity index (χ4v) is 2.95. The molecule has 0 amide bonds. The van der Waals surface area contributed by atoms with Crippen molar-refractivity contribution in [3.8, 4) is 11.1 Å². The number of fused-ring (bicyclic) bond motifs is 3. The number of hydrogen-bond donors (Lipinski definition) is 1. The van der Waals surface area contributed by atoms with Gasteiger partial charge >= 0.3 is 0 Å². The third-order valence-electron chi connectivity index (χ3n) is 3.84. The first-order valence-electron chi connectivity index (χ1n) is 6.90. The van der Waals surface area contributed by atoms with Gasteiger partial charge in [0.05, 0.1) is 6.04 Å². The highest BCUT2D eigenvalue weighted by atomic mass is 19.1. The number of hydrogen-bond acceptors (Lipinski definition) is 2. The van der Waals surface area contributed by atoms with Gasteiger partial charge in [0.25, 0.3) is 0 Å². The van der Waals surface area contributed by atoms with Crippen molar-refractivity contribution in [3.05, 3.63) is 83.8 Å². The highest BCUT2D eigenvalue weighted by molar-refractivity contribution is 5.79. The Bertz CT molecular complexity index is 768. The molecule has 0 saturated heterocycles. The predicted molar refractivity (Wildman–Crippen MR) is 81.5 cm³/mol. The maximum absolute atomic E-state index is 13.3. The summed E-state index contributed by atoms with van der Waals surface area (Å²) < 4.78 is 13.3. The monoisotopic (exact) mass is 276 g/mol. The van der Waals surface area contributed by atoms with Gasteiger partial charge in [-0.3, -0.25) is 0 Å². The summed E-state index contributed by atoms with van der Waals surface area (Å²) >= 11 is 0. The molecule has 0 atom stereocenters. The number of benzene rings is 2. The lowest BCUT2D eigenvalue weighted by Gasteiger charge is -2.16. The first-order valence-corrected chi connectivity index (χ1v) is 6.90. The van der Waals surface area contributed by atoms with Crippen LogP contribution in [-0.4, -0.2) is 4.98 Å². The van der Waals surface area contributed by atoms with E-state index in [4.69, 9.17) is 0 Å². The van der Waals surface area contributed by atoms with Gasteiger partial charge < -0.3 is 5.32 Å². The van der Waals surface area contributed by atoms with Gasteiger partial charge in [-0.25, -0.2) is 4.98 Å². The molecule has 2 aromatic carbocycles. The number of anilines is 1. The van der Waals surface area contributed by atoms with Crippen molar-refractivity contribution in [2.75, 3.05) is 5.32 Å². The molecule has 3 aromatic rings. The van der Waals surface area contributed by atoms with Crippen molar-refractivity contribution in [1.29, 1.82) is 0 Å². The van der Waals surface area contributed by atoms with E-state index in [0.717, 1.165) is 0 Å². The molecule has 21 heavy (non-hydrogen) atoms. The van der Waals surface area contributed by atoms with Crippen LogP contribution in [0.4, 0.5) is 10.2 Å². The highest BCUT2D eigenvalue weighted by Gasteiger charge is 2.27. The Balaban J connectivity index is 1.82. The standard InChI is InChI=1S/C18H13FN2/c19-16-10-5-11-17(20-16)21-18-14-8-3-1-6-12(14)13-7-2-4-9-15(13)18/h1-11,18H,(H,20,21). The third kappa shape index (κ3) is 1.98. The molecule has 0 aliphatic heterocycles. The molecular weight excluding hydrogens is 263 g/mol. The SMILES string of the molecule is Fc1cccc(NC2c3ccccc3-c3ccccc32)n1. The van der Waals surface area contributed by atoms with Crippen LogP contribution in [0.3, 0.4) is 0 Å². The quantitative estimate of drug-likeness (QED) is 0.702. The van der Waals surface area contributed by atoms with Crippen molar-refractivity contribution < 1.29 is 4.39 Å². The van der Waals surface area contributed by atoms with Crippen LogP contribution in [0, 0.1) is 5.95 Å². The lowest BCUT2D eigenvalue weighted by molar-refractivity contribution is 0.584. The smallest absolute Gasteiger partial charge is 0.214 e. The molecule has 0 fully saturated rings. The second kappa shape index (κ2) is 4.70. The topological polar surface area (TPSA) is 24.9 Å². The first kappa shape index (κ1) is 12.1. The molecule has 0 bridgehead atoms. The molecule has 0 radical (unpaired) electrons. The minimum Gasteiger partial charge on any atom is -0.359 e. The Morgan fingerprint density at radius 1 is 0.762 bits per heavy atom. The average Bonchev–Trinajstić information content (AvgIpc) is 2.83. The van der Waals surface area contributed by atoms with Crippen LogP contribution < -0.4 is 5.32 Å².